The molecule has 4 heteroatoms. The van der Waals surface area contributed by atoms with Gasteiger partial charge in [0.2, 0.25) is 5.91 Å². The zero-order valence-electron chi connectivity index (χ0n) is 12.4. The minimum atomic E-state index is 0.0589. The third-order valence-corrected chi connectivity index (χ3v) is 3.01. The average Bonchev–Trinajstić information content (AvgIpc) is 2.39. The molecule has 0 bridgehead atoms. The maximum absolute atomic E-state index is 11.7. The van der Waals surface area contributed by atoms with E-state index in [-0.39, 0.29) is 5.91 Å². The summed E-state index contributed by atoms with van der Waals surface area (Å²) in [6.45, 7) is 5.23. The molecule has 0 aliphatic rings. The highest BCUT2D eigenvalue weighted by molar-refractivity contribution is 6.30. The molecular weight excluding hydrogens is 274 g/mol. The molecule has 1 aromatic rings. The zero-order chi connectivity index (χ0) is 15.0. The van der Waals surface area contributed by atoms with Gasteiger partial charge in [-0.3, -0.25) is 4.79 Å². The molecule has 0 atom stereocenters. The Bertz CT molecular complexity index is 450. The van der Waals surface area contributed by atoms with Crippen LogP contribution in [0.25, 0.3) is 0 Å². The number of amides is 1. The van der Waals surface area contributed by atoms with Crippen molar-refractivity contribution in [2.45, 2.75) is 26.7 Å². The Morgan fingerprint density at radius 2 is 1.90 bits per heavy atom. The van der Waals surface area contributed by atoms with Gasteiger partial charge >= 0.3 is 0 Å². The van der Waals surface area contributed by atoms with Crippen LogP contribution in [-0.2, 0) is 4.79 Å². The molecule has 1 amide bonds. The maximum Gasteiger partial charge on any atom is 0.246 e. The fourth-order valence-electron chi connectivity index (χ4n) is 1.64. The van der Waals surface area contributed by atoms with Crippen LogP contribution in [0.3, 0.4) is 0 Å². The number of benzene rings is 1. The number of allylic oxidation sites excluding steroid dienone is 1. The molecule has 0 aliphatic carbocycles. The van der Waals surface area contributed by atoms with Gasteiger partial charge in [0.05, 0.1) is 6.61 Å². The first kappa shape index (κ1) is 16.6. The molecule has 0 aromatic heterocycles. The summed E-state index contributed by atoms with van der Waals surface area (Å²) in [6, 6.07) is 7.32. The fraction of sp³-hybridized carbons (Fsp3) is 0.438. The molecule has 0 aliphatic heterocycles. The normalized spacial score (nSPS) is 10.0. The van der Waals surface area contributed by atoms with E-state index in [2.05, 4.69) is 0 Å². The first-order valence-electron chi connectivity index (χ1n) is 6.77. The molecule has 0 unspecified atom stereocenters. The fourth-order valence-corrected chi connectivity index (χ4v) is 1.77. The third-order valence-electron chi connectivity index (χ3n) is 2.76. The predicted molar refractivity (Wildman–Crippen MR) is 83.2 cm³/mol. The molecule has 0 saturated heterocycles. The van der Waals surface area contributed by atoms with Crippen LogP contribution in [-0.4, -0.2) is 31.0 Å². The lowest BCUT2D eigenvalue weighted by molar-refractivity contribution is -0.124. The summed E-state index contributed by atoms with van der Waals surface area (Å²) in [5.74, 6) is 0.881. The van der Waals surface area contributed by atoms with Gasteiger partial charge in [0.15, 0.2) is 0 Å². The molecule has 0 saturated carbocycles. The van der Waals surface area contributed by atoms with Gasteiger partial charge in [-0.2, -0.15) is 0 Å². The van der Waals surface area contributed by atoms with Crippen LogP contribution in [0, 0.1) is 0 Å². The van der Waals surface area contributed by atoms with E-state index in [0.717, 1.165) is 30.7 Å². The highest BCUT2D eigenvalue weighted by Crippen LogP contribution is 2.15. The van der Waals surface area contributed by atoms with Crippen LogP contribution in [0.5, 0.6) is 5.75 Å². The lowest BCUT2D eigenvalue weighted by Gasteiger charge is -2.15. The summed E-state index contributed by atoms with van der Waals surface area (Å²) < 4.78 is 5.59. The van der Waals surface area contributed by atoms with Gasteiger partial charge < -0.3 is 9.64 Å². The van der Waals surface area contributed by atoms with Crippen LogP contribution < -0.4 is 4.74 Å². The van der Waals surface area contributed by atoms with Gasteiger partial charge in [-0.1, -0.05) is 17.2 Å². The number of carbonyl (C=O) groups is 1. The average molecular weight is 296 g/mol. The smallest absolute Gasteiger partial charge is 0.246 e. The Morgan fingerprint density at radius 1 is 1.25 bits per heavy atom. The van der Waals surface area contributed by atoms with Crippen LogP contribution >= 0.6 is 11.6 Å². The Hall–Kier alpha value is -1.48. The van der Waals surface area contributed by atoms with E-state index in [4.69, 9.17) is 16.3 Å². The summed E-state index contributed by atoms with van der Waals surface area (Å²) in [6.07, 6.45) is 3.49. The number of likely N-dealkylation sites (N-methyl/N-ethyl adjacent to an activating group) is 1. The molecule has 3 nitrogen and oxygen atoms in total. The van der Waals surface area contributed by atoms with Gasteiger partial charge in [0.1, 0.15) is 5.75 Å². The van der Waals surface area contributed by atoms with Crippen molar-refractivity contribution < 1.29 is 9.53 Å². The number of hydrogen-bond acceptors (Lipinski definition) is 2. The standard InChI is InChI=1S/C16H22ClNO2/c1-13(2)12-16(19)18(3)10-4-5-11-20-15-8-6-14(17)7-9-15/h6-9,12H,4-5,10-11H2,1-3H3. The van der Waals surface area contributed by atoms with Crippen molar-refractivity contribution in [3.63, 3.8) is 0 Å². The second-order valence-corrected chi connectivity index (χ2v) is 5.43. The number of ether oxygens (including phenoxy) is 1. The number of hydrogen-bond donors (Lipinski definition) is 0. The number of rotatable bonds is 7. The van der Waals surface area contributed by atoms with Crippen molar-refractivity contribution in [3.8, 4) is 5.75 Å². The van der Waals surface area contributed by atoms with Gasteiger partial charge in [-0.05, 0) is 51.0 Å². The lowest BCUT2D eigenvalue weighted by Crippen LogP contribution is -2.26. The number of carbonyl (C=O) groups excluding carboxylic acids is 1. The Morgan fingerprint density at radius 3 is 2.50 bits per heavy atom. The Balaban J connectivity index is 2.17. The third kappa shape index (κ3) is 6.62. The number of halogens is 1. The Kier molecular flexibility index (Phi) is 7.16. The van der Waals surface area contributed by atoms with Gasteiger partial charge in [0.25, 0.3) is 0 Å². The Labute approximate surface area is 126 Å². The molecule has 0 radical (unpaired) electrons. The summed E-state index contributed by atoms with van der Waals surface area (Å²) in [5, 5.41) is 0.705. The monoisotopic (exact) mass is 295 g/mol. The molecule has 110 valence electrons. The maximum atomic E-state index is 11.7. The van der Waals surface area contributed by atoms with Crippen molar-refractivity contribution in [1.29, 1.82) is 0 Å². The van der Waals surface area contributed by atoms with Crippen LogP contribution in [0.4, 0.5) is 0 Å². The van der Waals surface area contributed by atoms with E-state index >= 15 is 0 Å². The molecule has 0 fully saturated rings. The summed E-state index contributed by atoms with van der Waals surface area (Å²) >= 11 is 5.80. The van der Waals surface area contributed by atoms with Crippen LogP contribution in [0.15, 0.2) is 35.9 Å². The minimum absolute atomic E-state index is 0.0589. The predicted octanol–water partition coefficient (Wildman–Crippen LogP) is 3.92. The summed E-state index contributed by atoms with van der Waals surface area (Å²) in [4.78, 5) is 13.4. The minimum Gasteiger partial charge on any atom is -0.494 e. The van der Waals surface area contributed by atoms with E-state index in [0.29, 0.717) is 11.6 Å². The van der Waals surface area contributed by atoms with Gasteiger partial charge in [-0.25, -0.2) is 0 Å². The topological polar surface area (TPSA) is 29.5 Å². The summed E-state index contributed by atoms with van der Waals surface area (Å²) in [5.41, 5.74) is 1.02. The molecule has 0 heterocycles. The SMILES string of the molecule is CC(C)=CC(=O)N(C)CCCCOc1ccc(Cl)cc1. The van der Waals surface area contributed by atoms with Crippen molar-refractivity contribution in [2.75, 3.05) is 20.2 Å². The molecule has 1 aromatic carbocycles. The molecular formula is C16H22ClNO2. The number of unbranched alkanes of at least 4 members (excludes halogenated alkanes) is 1. The first-order chi connectivity index (χ1) is 9.49. The van der Waals surface area contributed by atoms with Crippen molar-refractivity contribution in [2.24, 2.45) is 0 Å². The van der Waals surface area contributed by atoms with E-state index < -0.39 is 0 Å². The summed E-state index contributed by atoms with van der Waals surface area (Å²) in [7, 11) is 1.82. The van der Waals surface area contributed by atoms with E-state index in [9.17, 15) is 4.79 Å². The lowest BCUT2D eigenvalue weighted by atomic mass is 10.2. The van der Waals surface area contributed by atoms with Crippen molar-refractivity contribution in [1.82, 2.24) is 4.90 Å². The van der Waals surface area contributed by atoms with Gasteiger partial charge in [0, 0.05) is 24.7 Å². The van der Waals surface area contributed by atoms with E-state index in [1.54, 1.807) is 11.0 Å². The van der Waals surface area contributed by atoms with E-state index in [1.807, 2.05) is 45.2 Å². The second kappa shape index (κ2) is 8.64. The number of nitrogens with zero attached hydrogens (tertiary/aromatic N) is 1. The van der Waals surface area contributed by atoms with E-state index in [1.165, 1.54) is 0 Å². The second-order valence-electron chi connectivity index (χ2n) is 4.99. The molecule has 0 N–H and O–H groups in total. The molecule has 20 heavy (non-hydrogen) atoms. The van der Waals surface area contributed by atoms with Crippen molar-refractivity contribution >= 4 is 17.5 Å². The molecule has 0 spiro atoms. The largest absolute Gasteiger partial charge is 0.494 e. The van der Waals surface area contributed by atoms with Crippen LogP contribution in [0.1, 0.15) is 26.7 Å². The highest BCUT2D eigenvalue weighted by Gasteiger charge is 2.04. The molecule has 1 rings (SSSR count). The van der Waals surface area contributed by atoms with Crippen molar-refractivity contribution in [3.05, 3.63) is 40.9 Å². The quantitative estimate of drug-likeness (QED) is 0.563. The van der Waals surface area contributed by atoms with Gasteiger partial charge in [-0.15, -0.1) is 0 Å². The first-order valence-corrected chi connectivity index (χ1v) is 7.15. The highest BCUT2D eigenvalue weighted by atomic mass is 35.5. The zero-order valence-corrected chi connectivity index (χ0v) is 13.1. The van der Waals surface area contributed by atoms with Crippen LogP contribution in [0.2, 0.25) is 5.02 Å².